The summed E-state index contributed by atoms with van der Waals surface area (Å²) in [4.78, 5) is 9.93. The van der Waals surface area contributed by atoms with E-state index in [1.807, 2.05) is 13.0 Å². The van der Waals surface area contributed by atoms with E-state index in [4.69, 9.17) is 15.7 Å². The van der Waals surface area contributed by atoms with Crippen LogP contribution in [0.3, 0.4) is 0 Å². The number of nitrogens with zero attached hydrogens (tertiary/aromatic N) is 3. The number of halogens is 1. The lowest BCUT2D eigenvalue weighted by atomic mass is 10.2. The van der Waals surface area contributed by atoms with Crippen LogP contribution in [0.1, 0.15) is 10.4 Å². The van der Waals surface area contributed by atoms with E-state index in [-0.39, 0.29) is 23.1 Å². The Kier molecular flexibility index (Phi) is 3.16. The minimum atomic E-state index is -0.644. The predicted octanol–water partition coefficient (Wildman–Crippen LogP) is 3.39. The number of fused-ring (bicyclic) bond motifs is 1. The van der Waals surface area contributed by atoms with Crippen LogP contribution in [0.25, 0.3) is 10.2 Å². The monoisotopic (exact) mass is 300 g/mol. The number of aryl methyl sites for hydroxylation is 1. The molecular weight excluding hydrogens is 291 g/mol. The molecule has 5 nitrogen and oxygen atoms in total. The molecule has 0 unspecified atom stereocenters. The van der Waals surface area contributed by atoms with Gasteiger partial charge in [0, 0.05) is 10.9 Å². The van der Waals surface area contributed by atoms with Crippen molar-refractivity contribution in [1.82, 2.24) is 9.97 Å². The van der Waals surface area contributed by atoms with Gasteiger partial charge in [-0.25, -0.2) is 9.37 Å². The zero-order valence-electron chi connectivity index (χ0n) is 10.9. The number of anilines is 1. The third-order valence-electron chi connectivity index (χ3n) is 2.77. The van der Waals surface area contributed by atoms with Gasteiger partial charge in [0.25, 0.3) is 0 Å². The molecule has 2 aromatic heterocycles. The Bertz CT molecular complexity index is 885. The SMILES string of the molecule is Cc1cc2c(Oc3ccc(C#N)c(F)c3)nc(N)nc2s1. The second-order valence-corrected chi connectivity index (χ2v) is 5.55. The fraction of sp³-hybridized carbons (Fsp3) is 0.0714. The van der Waals surface area contributed by atoms with Crippen molar-refractivity contribution in [1.29, 1.82) is 5.26 Å². The summed E-state index contributed by atoms with van der Waals surface area (Å²) in [5.74, 6) is -0.0380. The summed E-state index contributed by atoms with van der Waals surface area (Å²) in [6, 6.07) is 7.64. The molecule has 0 bridgehead atoms. The van der Waals surface area contributed by atoms with Gasteiger partial charge in [0.1, 0.15) is 22.5 Å². The normalized spacial score (nSPS) is 10.5. The molecule has 0 aliphatic carbocycles. The van der Waals surface area contributed by atoms with Crippen LogP contribution < -0.4 is 10.5 Å². The van der Waals surface area contributed by atoms with E-state index in [2.05, 4.69) is 9.97 Å². The summed E-state index contributed by atoms with van der Waals surface area (Å²) >= 11 is 1.47. The molecule has 1 aromatic carbocycles. The van der Waals surface area contributed by atoms with Gasteiger partial charge in [0.15, 0.2) is 0 Å². The first kappa shape index (κ1) is 13.3. The molecule has 2 N–H and O–H groups in total. The minimum Gasteiger partial charge on any atom is -0.438 e. The molecule has 2 heterocycles. The van der Waals surface area contributed by atoms with E-state index in [1.54, 1.807) is 6.07 Å². The quantitative estimate of drug-likeness (QED) is 0.784. The van der Waals surface area contributed by atoms with Crippen molar-refractivity contribution in [2.45, 2.75) is 6.92 Å². The van der Waals surface area contributed by atoms with Crippen LogP contribution in [0.15, 0.2) is 24.3 Å². The average molecular weight is 300 g/mol. The topological polar surface area (TPSA) is 84.8 Å². The first-order chi connectivity index (χ1) is 10.1. The number of thiophene rings is 1. The lowest BCUT2D eigenvalue weighted by Gasteiger charge is -2.06. The molecule has 0 saturated carbocycles. The second kappa shape index (κ2) is 5.00. The van der Waals surface area contributed by atoms with Gasteiger partial charge in [0.05, 0.1) is 10.9 Å². The van der Waals surface area contributed by atoms with Gasteiger partial charge in [-0.1, -0.05) is 0 Å². The first-order valence-corrected chi connectivity index (χ1v) is 6.79. The van der Waals surface area contributed by atoms with Crippen molar-refractivity contribution in [3.8, 4) is 17.7 Å². The van der Waals surface area contributed by atoms with Crippen molar-refractivity contribution in [2.24, 2.45) is 0 Å². The molecule has 21 heavy (non-hydrogen) atoms. The van der Waals surface area contributed by atoms with Crippen LogP contribution in [0.4, 0.5) is 10.3 Å². The predicted molar refractivity (Wildman–Crippen MR) is 77.8 cm³/mol. The molecule has 7 heteroatoms. The molecule has 0 aliphatic rings. The number of nitrogens with two attached hydrogens (primary N) is 1. The maximum atomic E-state index is 13.6. The smallest absolute Gasteiger partial charge is 0.232 e. The van der Waals surface area contributed by atoms with Gasteiger partial charge in [0.2, 0.25) is 11.8 Å². The average Bonchev–Trinajstić information content (AvgIpc) is 2.79. The highest BCUT2D eigenvalue weighted by Crippen LogP contribution is 2.33. The number of nitrogen functional groups attached to an aromatic ring is 1. The van der Waals surface area contributed by atoms with Crippen molar-refractivity contribution in [3.63, 3.8) is 0 Å². The summed E-state index contributed by atoms with van der Waals surface area (Å²) in [7, 11) is 0. The fourth-order valence-electron chi connectivity index (χ4n) is 1.87. The molecule has 0 amide bonds. The third kappa shape index (κ3) is 2.49. The van der Waals surface area contributed by atoms with Gasteiger partial charge >= 0.3 is 0 Å². The van der Waals surface area contributed by atoms with Crippen molar-refractivity contribution in [3.05, 3.63) is 40.5 Å². The molecule has 0 radical (unpaired) electrons. The zero-order valence-corrected chi connectivity index (χ0v) is 11.7. The lowest BCUT2D eigenvalue weighted by molar-refractivity contribution is 0.464. The standard InChI is InChI=1S/C14H9FN4OS/c1-7-4-10-12(18-14(17)19-13(10)21-7)20-9-3-2-8(6-16)11(15)5-9/h2-5H,1H3,(H2,17,18,19). The second-order valence-electron chi connectivity index (χ2n) is 4.32. The highest BCUT2D eigenvalue weighted by molar-refractivity contribution is 7.18. The van der Waals surface area contributed by atoms with E-state index >= 15 is 0 Å². The van der Waals surface area contributed by atoms with E-state index < -0.39 is 5.82 Å². The number of benzene rings is 1. The zero-order chi connectivity index (χ0) is 15.0. The van der Waals surface area contributed by atoms with Gasteiger partial charge in [-0.3, -0.25) is 0 Å². The number of aromatic nitrogens is 2. The Balaban J connectivity index is 2.05. The van der Waals surface area contributed by atoms with Crippen molar-refractivity contribution >= 4 is 27.5 Å². The lowest BCUT2D eigenvalue weighted by Crippen LogP contribution is -1.97. The molecular formula is C14H9FN4OS. The van der Waals surface area contributed by atoms with Gasteiger partial charge < -0.3 is 10.5 Å². The Hall–Kier alpha value is -2.72. The number of ether oxygens (including phenoxy) is 1. The highest BCUT2D eigenvalue weighted by Gasteiger charge is 2.12. The number of hydrogen-bond donors (Lipinski definition) is 1. The third-order valence-corrected chi connectivity index (χ3v) is 3.72. The molecule has 0 atom stereocenters. The highest BCUT2D eigenvalue weighted by atomic mass is 32.1. The first-order valence-electron chi connectivity index (χ1n) is 5.98. The molecule has 0 fully saturated rings. The number of hydrogen-bond acceptors (Lipinski definition) is 6. The summed E-state index contributed by atoms with van der Waals surface area (Å²) in [5, 5.41) is 9.43. The Morgan fingerprint density at radius 2 is 2.14 bits per heavy atom. The van der Waals surface area contributed by atoms with Crippen LogP contribution in [0.5, 0.6) is 11.6 Å². The summed E-state index contributed by atoms with van der Waals surface area (Å²) < 4.78 is 19.2. The molecule has 3 aromatic rings. The van der Waals surface area contributed by atoms with Gasteiger partial charge in [-0.15, -0.1) is 11.3 Å². The summed E-state index contributed by atoms with van der Waals surface area (Å²) in [6.45, 7) is 1.94. The Morgan fingerprint density at radius 3 is 2.86 bits per heavy atom. The minimum absolute atomic E-state index is 0.0407. The van der Waals surface area contributed by atoms with Crippen LogP contribution in [0.2, 0.25) is 0 Å². The van der Waals surface area contributed by atoms with Gasteiger partial charge in [-0.05, 0) is 25.1 Å². The largest absolute Gasteiger partial charge is 0.438 e. The number of nitriles is 1. The Labute approximate surface area is 123 Å². The van der Waals surface area contributed by atoms with Crippen LogP contribution in [0, 0.1) is 24.1 Å². The fourth-order valence-corrected chi connectivity index (χ4v) is 2.75. The maximum absolute atomic E-state index is 13.6. The molecule has 104 valence electrons. The molecule has 0 spiro atoms. The van der Waals surface area contributed by atoms with Crippen LogP contribution >= 0.6 is 11.3 Å². The van der Waals surface area contributed by atoms with E-state index in [0.717, 1.165) is 16.3 Å². The molecule has 3 rings (SSSR count). The van der Waals surface area contributed by atoms with Crippen molar-refractivity contribution in [2.75, 3.05) is 5.73 Å². The van der Waals surface area contributed by atoms with E-state index in [0.29, 0.717) is 4.83 Å². The van der Waals surface area contributed by atoms with Crippen LogP contribution in [-0.4, -0.2) is 9.97 Å². The van der Waals surface area contributed by atoms with E-state index in [1.165, 1.54) is 23.5 Å². The van der Waals surface area contributed by atoms with Crippen molar-refractivity contribution < 1.29 is 9.13 Å². The Morgan fingerprint density at radius 1 is 1.33 bits per heavy atom. The molecule has 0 aliphatic heterocycles. The summed E-state index contributed by atoms with van der Waals surface area (Å²) in [5.41, 5.74) is 5.61. The summed E-state index contributed by atoms with van der Waals surface area (Å²) in [6.07, 6.45) is 0. The maximum Gasteiger partial charge on any atom is 0.232 e. The van der Waals surface area contributed by atoms with Crippen LogP contribution in [-0.2, 0) is 0 Å². The van der Waals surface area contributed by atoms with E-state index in [9.17, 15) is 4.39 Å². The number of rotatable bonds is 2. The van der Waals surface area contributed by atoms with Gasteiger partial charge in [-0.2, -0.15) is 10.2 Å². The molecule has 0 saturated heterocycles.